The van der Waals surface area contributed by atoms with Crippen molar-refractivity contribution in [2.45, 2.75) is 45.5 Å². The molecule has 1 radical (unpaired) electrons. The maximum Gasteiger partial charge on any atom is 0.205 e. The molecule has 2 N–H and O–H groups in total. The van der Waals surface area contributed by atoms with Crippen molar-refractivity contribution in [1.29, 1.82) is 0 Å². The Hall–Kier alpha value is -2.62. The summed E-state index contributed by atoms with van der Waals surface area (Å²) in [6, 6.07) is 1.63. The van der Waals surface area contributed by atoms with Crippen molar-refractivity contribution in [3.05, 3.63) is 48.3 Å². The molecule has 0 amide bonds. The molecule has 8 nitrogen and oxygen atoms in total. The molecular formula is C22H28N5O3Si. The van der Waals surface area contributed by atoms with Crippen LogP contribution in [0.25, 0.3) is 11.0 Å². The molecule has 3 aromatic rings. The predicted octanol–water partition coefficient (Wildman–Crippen LogP) is 3.05. The Kier molecular flexibility index (Phi) is 5.44. The number of aromatic nitrogens is 4. The Morgan fingerprint density at radius 3 is 2.58 bits per heavy atom. The van der Waals surface area contributed by atoms with Gasteiger partial charge < -0.3 is 19.5 Å². The quantitative estimate of drug-likeness (QED) is 0.466. The minimum atomic E-state index is -0.981. The third-order valence-electron chi connectivity index (χ3n) is 5.55. The van der Waals surface area contributed by atoms with E-state index < -0.39 is 14.6 Å². The number of hydrogen-bond acceptors (Lipinski definition) is 7. The van der Waals surface area contributed by atoms with Gasteiger partial charge in [0.25, 0.3) is 0 Å². The van der Waals surface area contributed by atoms with Crippen LogP contribution >= 0.6 is 0 Å². The third kappa shape index (κ3) is 3.77. The topological polar surface area (TPSA) is 105 Å². The first kappa shape index (κ1) is 21.6. The monoisotopic (exact) mass is 438 g/mol. The molecule has 3 aromatic heterocycles. The summed E-state index contributed by atoms with van der Waals surface area (Å²) < 4.78 is 14.3. The van der Waals surface area contributed by atoms with Crippen molar-refractivity contribution < 1.29 is 14.0 Å². The average molecular weight is 439 g/mol. The Morgan fingerprint density at radius 1 is 1.26 bits per heavy atom. The number of ether oxygens (including phenoxy) is 1. The Balaban J connectivity index is 1.89. The maximum absolute atomic E-state index is 13.4. The fraction of sp³-hybridized carbons (Fsp3) is 0.455. The number of hydrogen-bond donors (Lipinski definition) is 1. The number of nitrogens with two attached hydrogens (primary N) is 1. The van der Waals surface area contributed by atoms with Gasteiger partial charge in [-0.1, -0.05) is 20.8 Å². The second kappa shape index (κ2) is 7.81. The highest BCUT2D eigenvalue weighted by atomic mass is 28.3. The van der Waals surface area contributed by atoms with Crippen LogP contribution in [0, 0.1) is 5.41 Å². The first-order chi connectivity index (χ1) is 14.6. The van der Waals surface area contributed by atoms with E-state index in [1.807, 2.05) is 6.20 Å². The predicted molar refractivity (Wildman–Crippen MR) is 120 cm³/mol. The SMILES string of the molecule is C[Si](C)OC(C(C)(C)C)C1(n2cc(C(=O)c3cncc(N)c3)c3cncnc32)COC1. The number of ketones is 1. The van der Waals surface area contributed by atoms with Crippen LogP contribution in [-0.4, -0.2) is 53.7 Å². The van der Waals surface area contributed by atoms with E-state index in [0.29, 0.717) is 41.1 Å². The van der Waals surface area contributed by atoms with Crippen LogP contribution in [0.1, 0.15) is 36.7 Å². The normalized spacial score (nSPS) is 17.0. The van der Waals surface area contributed by atoms with Crippen LogP contribution in [0.15, 0.2) is 37.2 Å². The number of nitrogens with zero attached hydrogens (tertiary/aromatic N) is 4. The Bertz CT molecular complexity index is 1120. The fourth-order valence-corrected chi connectivity index (χ4v) is 5.32. The summed E-state index contributed by atoms with van der Waals surface area (Å²) in [6.45, 7) is 11.8. The molecule has 1 saturated heterocycles. The van der Waals surface area contributed by atoms with Crippen LogP contribution in [0.3, 0.4) is 0 Å². The number of carbonyl (C=O) groups is 1. The summed E-state index contributed by atoms with van der Waals surface area (Å²) >= 11 is 0. The van der Waals surface area contributed by atoms with Gasteiger partial charge in [-0.15, -0.1) is 0 Å². The molecule has 0 saturated carbocycles. The van der Waals surface area contributed by atoms with E-state index >= 15 is 0 Å². The summed E-state index contributed by atoms with van der Waals surface area (Å²) in [5.41, 5.74) is 7.33. The van der Waals surface area contributed by atoms with E-state index in [9.17, 15) is 4.79 Å². The summed E-state index contributed by atoms with van der Waals surface area (Å²) in [5.74, 6) is -0.169. The molecule has 4 rings (SSSR count). The highest BCUT2D eigenvalue weighted by molar-refractivity contribution is 6.48. The minimum Gasteiger partial charge on any atom is -0.411 e. The molecule has 0 aliphatic carbocycles. The van der Waals surface area contributed by atoms with Gasteiger partial charge in [-0.05, 0) is 24.6 Å². The molecule has 163 valence electrons. The molecular weight excluding hydrogens is 410 g/mol. The van der Waals surface area contributed by atoms with Gasteiger partial charge in [0.15, 0.2) is 5.78 Å². The standard InChI is InChI=1S/C22H28N5O3Si/c1-21(2,3)20(30-31(4)5)22(11-29-12-22)27-10-17(16-9-25-13-26-19(16)27)18(28)14-6-15(23)8-24-7-14/h6-10,13,20H,11-12,23H2,1-5H3. The van der Waals surface area contributed by atoms with Crippen molar-refractivity contribution in [3.8, 4) is 0 Å². The van der Waals surface area contributed by atoms with E-state index in [1.165, 1.54) is 18.7 Å². The van der Waals surface area contributed by atoms with Gasteiger partial charge in [0, 0.05) is 35.7 Å². The molecule has 31 heavy (non-hydrogen) atoms. The van der Waals surface area contributed by atoms with Crippen molar-refractivity contribution in [2.24, 2.45) is 5.41 Å². The molecule has 1 fully saturated rings. The van der Waals surface area contributed by atoms with Gasteiger partial charge in [-0.25, -0.2) is 9.97 Å². The molecule has 0 aromatic carbocycles. The zero-order valence-corrected chi connectivity index (χ0v) is 19.5. The van der Waals surface area contributed by atoms with Gasteiger partial charge in [-0.2, -0.15) is 0 Å². The van der Waals surface area contributed by atoms with Crippen molar-refractivity contribution >= 4 is 31.5 Å². The van der Waals surface area contributed by atoms with Gasteiger partial charge >= 0.3 is 0 Å². The van der Waals surface area contributed by atoms with Crippen LogP contribution in [-0.2, 0) is 14.7 Å². The van der Waals surface area contributed by atoms with Gasteiger partial charge in [-0.3, -0.25) is 9.78 Å². The molecule has 1 aliphatic heterocycles. The second-order valence-electron chi connectivity index (χ2n) is 9.38. The zero-order chi connectivity index (χ0) is 22.4. The molecule has 0 bridgehead atoms. The smallest absolute Gasteiger partial charge is 0.205 e. The fourth-order valence-electron chi connectivity index (χ4n) is 4.28. The maximum atomic E-state index is 13.4. The van der Waals surface area contributed by atoms with Crippen LogP contribution in [0.4, 0.5) is 5.69 Å². The zero-order valence-electron chi connectivity index (χ0n) is 18.5. The lowest BCUT2D eigenvalue weighted by Crippen LogP contribution is -2.64. The molecule has 1 atom stereocenters. The second-order valence-corrected chi connectivity index (χ2v) is 11.4. The lowest BCUT2D eigenvalue weighted by Gasteiger charge is -2.53. The number of anilines is 1. The Labute approximate surface area is 183 Å². The number of fused-ring (bicyclic) bond motifs is 1. The minimum absolute atomic E-state index is 0.111. The van der Waals surface area contributed by atoms with Crippen molar-refractivity contribution in [2.75, 3.05) is 18.9 Å². The third-order valence-corrected chi connectivity index (χ3v) is 6.25. The highest BCUT2D eigenvalue weighted by Gasteiger charge is 2.53. The van der Waals surface area contributed by atoms with Gasteiger partial charge in [0.1, 0.15) is 17.5 Å². The van der Waals surface area contributed by atoms with E-state index in [4.69, 9.17) is 14.9 Å². The average Bonchev–Trinajstić information content (AvgIpc) is 3.05. The van der Waals surface area contributed by atoms with E-state index in [2.05, 4.69) is 53.4 Å². The Morgan fingerprint density at radius 2 is 2.00 bits per heavy atom. The van der Waals surface area contributed by atoms with Crippen molar-refractivity contribution in [1.82, 2.24) is 19.5 Å². The summed E-state index contributed by atoms with van der Waals surface area (Å²) in [5, 5.41) is 0.687. The van der Waals surface area contributed by atoms with Gasteiger partial charge in [0.05, 0.1) is 30.6 Å². The number of rotatable bonds is 6. The summed E-state index contributed by atoms with van der Waals surface area (Å²) in [7, 11) is -0.981. The highest BCUT2D eigenvalue weighted by Crippen LogP contribution is 2.43. The summed E-state index contributed by atoms with van der Waals surface area (Å²) in [6.07, 6.45) is 7.99. The summed E-state index contributed by atoms with van der Waals surface area (Å²) in [4.78, 5) is 26.2. The van der Waals surface area contributed by atoms with E-state index in [1.54, 1.807) is 12.3 Å². The lowest BCUT2D eigenvalue weighted by atomic mass is 9.75. The van der Waals surface area contributed by atoms with E-state index in [0.717, 1.165) is 0 Å². The number of pyridine rings is 1. The first-order valence-electron chi connectivity index (χ1n) is 10.2. The number of carbonyl (C=O) groups excluding carboxylic acids is 1. The molecule has 1 unspecified atom stereocenters. The molecule has 0 spiro atoms. The van der Waals surface area contributed by atoms with Crippen LogP contribution < -0.4 is 5.73 Å². The van der Waals surface area contributed by atoms with E-state index in [-0.39, 0.29) is 17.3 Å². The van der Waals surface area contributed by atoms with Crippen LogP contribution in [0.2, 0.25) is 13.1 Å². The van der Waals surface area contributed by atoms with Crippen molar-refractivity contribution in [3.63, 3.8) is 0 Å². The molecule has 9 heteroatoms. The molecule has 1 aliphatic rings. The number of nitrogen functional groups attached to an aromatic ring is 1. The molecule has 4 heterocycles. The van der Waals surface area contributed by atoms with Gasteiger partial charge in [0.2, 0.25) is 9.04 Å². The first-order valence-corrected chi connectivity index (χ1v) is 12.7. The van der Waals surface area contributed by atoms with Crippen LogP contribution in [0.5, 0.6) is 0 Å². The largest absolute Gasteiger partial charge is 0.411 e. The lowest BCUT2D eigenvalue weighted by molar-refractivity contribution is -0.175.